The zero-order chi connectivity index (χ0) is 13.4. The van der Waals surface area contributed by atoms with Crippen LogP contribution in [0.4, 0.5) is 0 Å². The molecule has 2 fully saturated rings. The lowest BCUT2D eigenvalue weighted by Gasteiger charge is -2.29. The van der Waals surface area contributed by atoms with Crippen molar-refractivity contribution in [2.45, 2.75) is 65.1 Å². The third kappa shape index (κ3) is 2.58. The van der Waals surface area contributed by atoms with E-state index < -0.39 is 0 Å². The van der Waals surface area contributed by atoms with Gasteiger partial charge in [-0.2, -0.15) is 0 Å². The van der Waals surface area contributed by atoms with Gasteiger partial charge in [0.2, 0.25) is 0 Å². The molecule has 2 bridgehead atoms. The number of imidazole rings is 1. The standard InChI is InChI=1S/C16H27N3/c1-11(2)19-10-17-8-15(19)9-18-12(3)16-7-13-4-5-14(16)6-13/h8,10-14,16,18H,4-7,9H2,1-3H3. The lowest BCUT2D eigenvalue weighted by Crippen LogP contribution is -2.36. The quantitative estimate of drug-likeness (QED) is 0.880. The van der Waals surface area contributed by atoms with Gasteiger partial charge in [-0.1, -0.05) is 6.42 Å². The van der Waals surface area contributed by atoms with E-state index in [2.05, 4.69) is 35.6 Å². The molecule has 1 aromatic rings. The van der Waals surface area contributed by atoms with Crippen molar-refractivity contribution in [2.75, 3.05) is 0 Å². The van der Waals surface area contributed by atoms with E-state index in [4.69, 9.17) is 0 Å². The second kappa shape index (κ2) is 5.28. The lowest BCUT2D eigenvalue weighted by molar-refractivity contribution is 0.258. The number of nitrogens with one attached hydrogen (secondary N) is 1. The monoisotopic (exact) mass is 261 g/mol. The van der Waals surface area contributed by atoms with Crippen molar-refractivity contribution in [2.24, 2.45) is 17.8 Å². The molecule has 0 saturated heterocycles. The molecule has 0 aliphatic heterocycles. The predicted octanol–water partition coefficient (Wildman–Crippen LogP) is 3.38. The van der Waals surface area contributed by atoms with Crippen LogP contribution in [0.2, 0.25) is 0 Å². The summed E-state index contributed by atoms with van der Waals surface area (Å²) in [6, 6.07) is 1.14. The Labute approximate surface area is 116 Å². The summed E-state index contributed by atoms with van der Waals surface area (Å²) in [7, 11) is 0. The normalized spacial score (nSPS) is 31.3. The summed E-state index contributed by atoms with van der Waals surface area (Å²) in [5.41, 5.74) is 1.31. The maximum absolute atomic E-state index is 4.28. The Balaban J connectivity index is 1.56. The van der Waals surface area contributed by atoms with Gasteiger partial charge in [0.05, 0.1) is 12.0 Å². The lowest BCUT2D eigenvalue weighted by atomic mass is 9.84. The highest BCUT2D eigenvalue weighted by Gasteiger charge is 2.41. The van der Waals surface area contributed by atoms with Crippen LogP contribution in [-0.2, 0) is 6.54 Å². The van der Waals surface area contributed by atoms with Gasteiger partial charge in [0, 0.05) is 24.8 Å². The van der Waals surface area contributed by atoms with Crippen LogP contribution < -0.4 is 5.32 Å². The topological polar surface area (TPSA) is 29.9 Å². The van der Waals surface area contributed by atoms with Crippen LogP contribution in [0, 0.1) is 17.8 Å². The Bertz CT molecular complexity index is 423. The van der Waals surface area contributed by atoms with E-state index in [1.165, 1.54) is 31.4 Å². The van der Waals surface area contributed by atoms with Crippen LogP contribution in [0.15, 0.2) is 12.5 Å². The van der Waals surface area contributed by atoms with Gasteiger partial charge < -0.3 is 9.88 Å². The van der Waals surface area contributed by atoms with Gasteiger partial charge in [-0.15, -0.1) is 0 Å². The van der Waals surface area contributed by atoms with Crippen LogP contribution in [0.1, 0.15) is 58.2 Å². The molecular formula is C16H27N3. The van der Waals surface area contributed by atoms with E-state index in [9.17, 15) is 0 Å². The summed E-state index contributed by atoms with van der Waals surface area (Å²) in [4.78, 5) is 4.28. The molecule has 4 unspecified atom stereocenters. The van der Waals surface area contributed by atoms with Crippen LogP contribution in [0.25, 0.3) is 0 Å². The third-order valence-electron chi connectivity index (χ3n) is 5.34. The maximum atomic E-state index is 4.28. The van der Waals surface area contributed by atoms with E-state index in [1.807, 2.05) is 12.5 Å². The first-order chi connectivity index (χ1) is 9.15. The maximum Gasteiger partial charge on any atom is 0.0951 e. The summed E-state index contributed by atoms with van der Waals surface area (Å²) >= 11 is 0. The van der Waals surface area contributed by atoms with Crippen LogP contribution in [0.3, 0.4) is 0 Å². The van der Waals surface area contributed by atoms with Gasteiger partial charge >= 0.3 is 0 Å². The molecule has 19 heavy (non-hydrogen) atoms. The highest BCUT2D eigenvalue weighted by Crippen LogP contribution is 2.49. The predicted molar refractivity (Wildman–Crippen MR) is 77.9 cm³/mol. The van der Waals surface area contributed by atoms with E-state index in [-0.39, 0.29) is 0 Å². The zero-order valence-corrected chi connectivity index (χ0v) is 12.5. The molecular weight excluding hydrogens is 234 g/mol. The summed E-state index contributed by atoms with van der Waals surface area (Å²) in [5, 5.41) is 3.75. The number of rotatable bonds is 5. The van der Waals surface area contributed by atoms with Crippen molar-refractivity contribution in [1.29, 1.82) is 0 Å². The molecule has 2 saturated carbocycles. The Morgan fingerprint density at radius 3 is 2.79 bits per heavy atom. The number of hydrogen-bond acceptors (Lipinski definition) is 2. The fourth-order valence-corrected chi connectivity index (χ4v) is 4.26. The van der Waals surface area contributed by atoms with Crippen molar-refractivity contribution in [1.82, 2.24) is 14.9 Å². The molecule has 0 aromatic carbocycles. The largest absolute Gasteiger partial charge is 0.331 e. The molecule has 1 aromatic heterocycles. The first-order valence-corrected chi connectivity index (χ1v) is 7.89. The second-order valence-corrected chi connectivity index (χ2v) is 6.89. The van der Waals surface area contributed by atoms with E-state index in [0.29, 0.717) is 12.1 Å². The molecule has 3 heteroatoms. The SMILES string of the molecule is CC(NCc1cncn1C(C)C)C1CC2CCC1C2. The number of fused-ring (bicyclic) bond motifs is 2. The first kappa shape index (κ1) is 13.2. The Hall–Kier alpha value is -0.830. The third-order valence-corrected chi connectivity index (χ3v) is 5.34. The molecule has 2 aliphatic rings. The van der Waals surface area contributed by atoms with Crippen molar-refractivity contribution in [3.8, 4) is 0 Å². The molecule has 0 amide bonds. The molecule has 1 N–H and O–H groups in total. The van der Waals surface area contributed by atoms with Crippen molar-refractivity contribution >= 4 is 0 Å². The Morgan fingerprint density at radius 2 is 2.16 bits per heavy atom. The van der Waals surface area contributed by atoms with Crippen molar-refractivity contribution in [3.63, 3.8) is 0 Å². The van der Waals surface area contributed by atoms with Gasteiger partial charge in [-0.25, -0.2) is 4.98 Å². The number of aromatic nitrogens is 2. The van der Waals surface area contributed by atoms with E-state index in [1.54, 1.807) is 0 Å². The molecule has 106 valence electrons. The first-order valence-electron chi connectivity index (χ1n) is 7.89. The smallest absolute Gasteiger partial charge is 0.0951 e. The van der Waals surface area contributed by atoms with Crippen molar-refractivity contribution < 1.29 is 0 Å². The van der Waals surface area contributed by atoms with Gasteiger partial charge in [0.15, 0.2) is 0 Å². The number of hydrogen-bond donors (Lipinski definition) is 1. The fraction of sp³-hybridized carbons (Fsp3) is 0.812. The molecule has 1 heterocycles. The average Bonchev–Trinajstić information content (AvgIpc) is 3.10. The molecule has 3 rings (SSSR count). The highest BCUT2D eigenvalue weighted by molar-refractivity contribution is 5.01. The minimum atomic E-state index is 0.497. The van der Waals surface area contributed by atoms with Gasteiger partial charge in [0.1, 0.15) is 0 Å². The van der Waals surface area contributed by atoms with Crippen LogP contribution in [-0.4, -0.2) is 15.6 Å². The van der Waals surface area contributed by atoms with Gasteiger partial charge in [0.25, 0.3) is 0 Å². The minimum absolute atomic E-state index is 0.497. The molecule has 0 spiro atoms. The fourth-order valence-electron chi connectivity index (χ4n) is 4.26. The van der Waals surface area contributed by atoms with Crippen LogP contribution >= 0.6 is 0 Å². The molecule has 4 atom stereocenters. The summed E-state index contributed by atoms with van der Waals surface area (Å²) in [5.74, 6) is 2.96. The Morgan fingerprint density at radius 1 is 1.32 bits per heavy atom. The molecule has 2 aliphatic carbocycles. The average molecular weight is 261 g/mol. The van der Waals surface area contributed by atoms with E-state index >= 15 is 0 Å². The molecule has 3 nitrogen and oxygen atoms in total. The van der Waals surface area contributed by atoms with E-state index in [0.717, 1.165) is 24.3 Å². The molecule has 0 radical (unpaired) electrons. The number of nitrogens with zero attached hydrogens (tertiary/aromatic N) is 2. The van der Waals surface area contributed by atoms with Crippen LogP contribution in [0.5, 0.6) is 0 Å². The second-order valence-electron chi connectivity index (χ2n) is 6.89. The summed E-state index contributed by atoms with van der Waals surface area (Å²) < 4.78 is 2.26. The highest BCUT2D eigenvalue weighted by atomic mass is 15.1. The van der Waals surface area contributed by atoms with Gasteiger partial charge in [-0.05, 0) is 57.8 Å². The minimum Gasteiger partial charge on any atom is -0.331 e. The summed E-state index contributed by atoms with van der Waals surface area (Å²) in [6.07, 6.45) is 9.88. The van der Waals surface area contributed by atoms with Gasteiger partial charge in [-0.3, -0.25) is 0 Å². The Kier molecular flexibility index (Phi) is 3.66. The zero-order valence-electron chi connectivity index (χ0n) is 12.5. The van der Waals surface area contributed by atoms with Crippen molar-refractivity contribution in [3.05, 3.63) is 18.2 Å². The summed E-state index contributed by atoms with van der Waals surface area (Å²) in [6.45, 7) is 7.75.